The fourth-order valence-corrected chi connectivity index (χ4v) is 3.57. The highest BCUT2D eigenvalue weighted by Crippen LogP contribution is 2.20. The first kappa shape index (κ1) is 18.4. The van der Waals surface area contributed by atoms with Crippen molar-refractivity contribution < 1.29 is 12.8 Å². The van der Waals surface area contributed by atoms with E-state index in [2.05, 4.69) is 5.32 Å². The minimum Gasteiger partial charge on any atom is -0.313 e. The number of nitrogens with zero attached hydrogens (tertiary/aromatic N) is 1. The molecule has 1 N–H and O–H groups in total. The molecule has 7 heteroatoms. The molecular formula is C14H23FN2O2S2. The molecule has 0 atom stereocenters. The number of thioether (sulfide) groups is 1. The number of hydrogen-bond donors (Lipinski definition) is 1. The molecule has 0 aliphatic carbocycles. The second-order valence-corrected chi connectivity index (χ2v) is 7.76. The van der Waals surface area contributed by atoms with Crippen LogP contribution in [0.2, 0.25) is 0 Å². The first-order chi connectivity index (χ1) is 9.93. The van der Waals surface area contributed by atoms with Crippen molar-refractivity contribution in [2.24, 2.45) is 0 Å². The van der Waals surface area contributed by atoms with E-state index in [1.54, 1.807) is 17.8 Å². The Morgan fingerprint density at radius 1 is 1.38 bits per heavy atom. The molecule has 4 nitrogen and oxygen atoms in total. The van der Waals surface area contributed by atoms with Crippen LogP contribution in [0.5, 0.6) is 0 Å². The maximum atomic E-state index is 14.1. The van der Waals surface area contributed by atoms with E-state index < -0.39 is 15.8 Å². The lowest BCUT2D eigenvalue weighted by atomic mass is 10.2. The lowest BCUT2D eigenvalue weighted by Crippen LogP contribution is -2.29. The van der Waals surface area contributed by atoms with Gasteiger partial charge in [0.15, 0.2) is 0 Å². The van der Waals surface area contributed by atoms with Crippen LogP contribution in [0.25, 0.3) is 0 Å². The number of nitrogens with one attached hydrogen (secondary N) is 1. The molecule has 0 aliphatic heterocycles. The van der Waals surface area contributed by atoms with Crippen LogP contribution in [-0.4, -0.2) is 44.9 Å². The van der Waals surface area contributed by atoms with Crippen molar-refractivity contribution >= 4 is 21.8 Å². The van der Waals surface area contributed by atoms with Crippen molar-refractivity contribution in [1.82, 2.24) is 9.62 Å². The fraction of sp³-hybridized carbons (Fsp3) is 0.571. The van der Waals surface area contributed by atoms with Gasteiger partial charge in [-0.15, -0.1) is 0 Å². The number of rotatable bonds is 9. The zero-order valence-corrected chi connectivity index (χ0v) is 14.4. The summed E-state index contributed by atoms with van der Waals surface area (Å²) >= 11 is 1.55. The van der Waals surface area contributed by atoms with Crippen molar-refractivity contribution in [3.63, 3.8) is 0 Å². The highest BCUT2D eigenvalue weighted by molar-refractivity contribution is 7.98. The molecule has 1 rings (SSSR count). The second kappa shape index (κ2) is 8.73. The average Bonchev–Trinajstić information content (AvgIpc) is 2.44. The predicted octanol–water partition coefficient (Wildman–Crippen LogP) is 2.31. The van der Waals surface area contributed by atoms with E-state index in [-0.39, 0.29) is 4.90 Å². The summed E-state index contributed by atoms with van der Waals surface area (Å²) in [5, 5.41) is 3.16. The summed E-state index contributed by atoms with van der Waals surface area (Å²) in [6.07, 6.45) is 2.90. The molecule has 0 fully saturated rings. The van der Waals surface area contributed by atoms with Gasteiger partial charge in [-0.25, -0.2) is 17.1 Å². The van der Waals surface area contributed by atoms with Gasteiger partial charge in [-0.3, -0.25) is 0 Å². The van der Waals surface area contributed by atoms with Crippen LogP contribution < -0.4 is 5.32 Å². The van der Waals surface area contributed by atoms with Gasteiger partial charge in [0.1, 0.15) is 10.7 Å². The first-order valence-corrected chi connectivity index (χ1v) is 9.71. The van der Waals surface area contributed by atoms with Gasteiger partial charge >= 0.3 is 0 Å². The molecule has 1 aromatic rings. The lowest BCUT2D eigenvalue weighted by Gasteiger charge is -2.17. The summed E-state index contributed by atoms with van der Waals surface area (Å²) in [7, 11) is -2.29. The quantitative estimate of drug-likeness (QED) is 0.704. The summed E-state index contributed by atoms with van der Waals surface area (Å²) in [5.41, 5.74) is 0.742. The smallest absolute Gasteiger partial charge is 0.245 e. The number of halogens is 1. The molecule has 1 aromatic carbocycles. The van der Waals surface area contributed by atoms with E-state index in [9.17, 15) is 12.8 Å². The Balaban J connectivity index is 2.88. The number of hydrogen-bond acceptors (Lipinski definition) is 4. The lowest BCUT2D eigenvalue weighted by molar-refractivity contribution is 0.479. The zero-order valence-electron chi connectivity index (χ0n) is 12.7. The highest BCUT2D eigenvalue weighted by atomic mass is 32.2. The third-order valence-corrected chi connectivity index (χ3v) is 5.53. The molecule has 0 aliphatic rings. The van der Waals surface area contributed by atoms with Gasteiger partial charge in [0.05, 0.1) is 0 Å². The molecule has 0 spiro atoms. The van der Waals surface area contributed by atoms with Crippen molar-refractivity contribution in [3.05, 3.63) is 29.6 Å². The molecule has 0 amide bonds. The Morgan fingerprint density at radius 3 is 2.67 bits per heavy atom. The van der Waals surface area contributed by atoms with Gasteiger partial charge in [-0.1, -0.05) is 13.0 Å². The van der Waals surface area contributed by atoms with E-state index in [0.717, 1.165) is 18.5 Å². The number of sulfonamides is 1. The molecule has 120 valence electrons. The third-order valence-electron chi connectivity index (χ3n) is 3.05. The normalized spacial score (nSPS) is 12.0. The maximum absolute atomic E-state index is 14.1. The summed E-state index contributed by atoms with van der Waals surface area (Å²) in [5.74, 6) is -0.0158. The van der Waals surface area contributed by atoms with Gasteiger partial charge in [0, 0.05) is 25.9 Å². The molecular weight excluding hydrogens is 311 g/mol. The van der Waals surface area contributed by atoms with Gasteiger partial charge in [0.2, 0.25) is 10.0 Å². The van der Waals surface area contributed by atoms with Crippen molar-refractivity contribution in [3.8, 4) is 0 Å². The van der Waals surface area contributed by atoms with Crippen LogP contribution in [-0.2, 0) is 16.6 Å². The maximum Gasteiger partial charge on any atom is 0.245 e. The predicted molar refractivity (Wildman–Crippen MR) is 86.6 cm³/mol. The third kappa shape index (κ3) is 5.25. The van der Waals surface area contributed by atoms with Crippen LogP contribution in [0.4, 0.5) is 4.39 Å². The van der Waals surface area contributed by atoms with Gasteiger partial charge in [-0.2, -0.15) is 11.8 Å². The van der Waals surface area contributed by atoms with Crippen LogP contribution in [0.1, 0.15) is 18.9 Å². The van der Waals surface area contributed by atoms with E-state index in [1.165, 1.54) is 23.5 Å². The minimum atomic E-state index is -3.76. The topological polar surface area (TPSA) is 49.4 Å². The van der Waals surface area contributed by atoms with Crippen LogP contribution in [0.3, 0.4) is 0 Å². The Hall–Kier alpha value is -0.630. The van der Waals surface area contributed by atoms with Gasteiger partial charge < -0.3 is 5.32 Å². The van der Waals surface area contributed by atoms with E-state index in [0.29, 0.717) is 18.8 Å². The number of benzene rings is 1. The Morgan fingerprint density at radius 2 is 2.10 bits per heavy atom. The molecule has 0 unspecified atom stereocenters. The van der Waals surface area contributed by atoms with E-state index in [1.807, 2.05) is 13.2 Å². The Bertz CT molecular complexity index is 550. The average molecular weight is 334 g/mol. The molecule has 21 heavy (non-hydrogen) atoms. The van der Waals surface area contributed by atoms with Crippen molar-refractivity contribution in [2.45, 2.75) is 24.8 Å². The van der Waals surface area contributed by atoms with E-state index in [4.69, 9.17) is 0 Å². The van der Waals surface area contributed by atoms with Crippen LogP contribution >= 0.6 is 11.8 Å². The van der Waals surface area contributed by atoms with Crippen LogP contribution in [0.15, 0.2) is 23.1 Å². The monoisotopic (exact) mass is 334 g/mol. The van der Waals surface area contributed by atoms with Gasteiger partial charge in [-0.05, 0) is 36.9 Å². The summed E-state index contributed by atoms with van der Waals surface area (Å²) in [6, 6.07) is 4.29. The van der Waals surface area contributed by atoms with Crippen molar-refractivity contribution in [2.75, 3.05) is 32.1 Å². The molecule has 0 saturated heterocycles. The van der Waals surface area contributed by atoms with E-state index >= 15 is 0 Å². The standard InChI is InChI=1S/C14H23FN2O2S2/c1-4-7-16-11-12-5-6-14(13(15)10-12)21(18,19)17(2)8-9-20-3/h5-6,10,16H,4,7-9,11H2,1-3H3. The fourth-order valence-electron chi connectivity index (χ4n) is 1.78. The Kier molecular flexibility index (Phi) is 7.65. The molecule has 0 radical (unpaired) electrons. The molecule has 0 heterocycles. The SMILES string of the molecule is CCCNCc1ccc(S(=O)(=O)N(C)CCSC)c(F)c1. The second-order valence-electron chi connectivity index (χ2n) is 4.76. The molecule has 0 bridgehead atoms. The minimum absolute atomic E-state index is 0.259. The van der Waals surface area contributed by atoms with Crippen molar-refractivity contribution in [1.29, 1.82) is 0 Å². The Labute approximate surface area is 131 Å². The summed E-state index contributed by atoms with van der Waals surface area (Å²) in [6.45, 7) is 3.79. The van der Waals surface area contributed by atoms with Gasteiger partial charge in [0.25, 0.3) is 0 Å². The van der Waals surface area contributed by atoms with Crippen LogP contribution in [0, 0.1) is 5.82 Å². The molecule has 0 saturated carbocycles. The summed E-state index contributed by atoms with van der Waals surface area (Å²) < 4.78 is 39.9. The first-order valence-electron chi connectivity index (χ1n) is 6.88. The zero-order chi connectivity index (χ0) is 15.9. The summed E-state index contributed by atoms with van der Waals surface area (Å²) in [4.78, 5) is -0.259. The largest absolute Gasteiger partial charge is 0.313 e. The highest BCUT2D eigenvalue weighted by Gasteiger charge is 2.24. The molecule has 0 aromatic heterocycles.